The van der Waals surface area contributed by atoms with Gasteiger partial charge in [-0.15, -0.1) is 0 Å². The van der Waals surface area contributed by atoms with E-state index in [-0.39, 0.29) is 11.2 Å². The third-order valence-electron chi connectivity index (χ3n) is 4.05. The fourth-order valence-corrected chi connectivity index (χ4v) is 5.24. The molecule has 3 rings (SSSR count). The lowest BCUT2D eigenvalue weighted by atomic mass is 9.99. The Labute approximate surface area is 102 Å². The molecule has 0 aliphatic carbocycles. The molecule has 4 heteroatoms. The van der Waals surface area contributed by atoms with E-state index in [2.05, 4.69) is 18.7 Å². The first-order chi connectivity index (χ1) is 8.01. The molecule has 2 aliphatic heterocycles. The van der Waals surface area contributed by atoms with E-state index in [0.717, 1.165) is 12.1 Å². The van der Waals surface area contributed by atoms with Gasteiger partial charge < -0.3 is 0 Å². The minimum absolute atomic E-state index is 0.179. The highest BCUT2D eigenvalue weighted by Crippen LogP contribution is 2.44. The lowest BCUT2D eigenvalue weighted by molar-refractivity contribution is 0.272. The average Bonchev–Trinajstić information content (AvgIpc) is 2.80. The van der Waals surface area contributed by atoms with Crippen LogP contribution in [0.1, 0.15) is 25.3 Å². The van der Waals surface area contributed by atoms with Crippen molar-refractivity contribution in [2.24, 2.45) is 0 Å². The van der Waals surface area contributed by atoms with E-state index in [9.17, 15) is 8.42 Å². The summed E-state index contributed by atoms with van der Waals surface area (Å²) in [5, 5.41) is -0.220. The van der Waals surface area contributed by atoms with Crippen molar-refractivity contribution in [1.29, 1.82) is 0 Å². The van der Waals surface area contributed by atoms with E-state index in [0.29, 0.717) is 17.5 Å². The van der Waals surface area contributed by atoms with Gasteiger partial charge in [0, 0.05) is 25.0 Å². The fourth-order valence-electron chi connectivity index (χ4n) is 3.05. The SMILES string of the molecule is CC(C)N1C[C@H]2c3ccccc3S(=O)(=O)[C@H]2C1. The molecule has 0 N–H and O–H groups in total. The van der Waals surface area contributed by atoms with Crippen LogP contribution in [0.25, 0.3) is 0 Å². The maximum absolute atomic E-state index is 12.4. The van der Waals surface area contributed by atoms with E-state index < -0.39 is 9.84 Å². The molecule has 17 heavy (non-hydrogen) atoms. The second kappa shape index (κ2) is 3.56. The van der Waals surface area contributed by atoms with E-state index in [1.54, 1.807) is 6.07 Å². The summed E-state index contributed by atoms with van der Waals surface area (Å²) >= 11 is 0. The Balaban J connectivity index is 2.08. The minimum Gasteiger partial charge on any atom is -0.299 e. The third-order valence-corrected chi connectivity index (χ3v) is 6.31. The van der Waals surface area contributed by atoms with Gasteiger partial charge in [-0.2, -0.15) is 0 Å². The van der Waals surface area contributed by atoms with Gasteiger partial charge in [0.2, 0.25) is 0 Å². The van der Waals surface area contributed by atoms with Crippen molar-refractivity contribution in [1.82, 2.24) is 4.90 Å². The number of benzene rings is 1. The summed E-state index contributed by atoms with van der Waals surface area (Å²) in [5.74, 6) is 0.179. The van der Waals surface area contributed by atoms with Gasteiger partial charge in [-0.1, -0.05) is 18.2 Å². The molecule has 0 spiro atoms. The van der Waals surface area contributed by atoms with Gasteiger partial charge in [0.15, 0.2) is 9.84 Å². The van der Waals surface area contributed by atoms with Crippen molar-refractivity contribution >= 4 is 9.84 Å². The normalized spacial score (nSPS) is 30.5. The van der Waals surface area contributed by atoms with Gasteiger partial charge >= 0.3 is 0 Å². The van der Waals surface area contributed by atoms with Crippen LogP contribution in [0.4, 0.5) is 0 Å². The largest absolute Gasteiger partial charge is 0.299 e. The first kappa shape index (κ1) is 11.2. The Morgan fingerprint density at radius 1 is 1.24 bits per heavy atom. The highest BCUT2D eigenvalue weighted by Gasteiger charge is 2.50. The molecular formula is C13H17NO2S. The van der Waals surface area contributed by atoms with Gasteiger partial charge in [0.05, 0.1) is 10.1 Å². The third kappa shape index (κ3) is 1.47. The maximum Gasteiger partial charge on any atom is 0.183 e. The standard InChI is InChI=1S/C13H17NO2S/c1-9(2)14-7-11-10-5-3-4-6-12(10)17(15,16)13(11)8-14/h3-6,9,11,13H,7-8H2,1-2H3/t11-,13-/m0/s1. The zero-order valence-corrected chi connectivity index (χ0v) is 10.9. The maximum atomic E-state index is 12.4. The van der Waals surface area contributed by atoms with Gasteiger partial charge in [0.1, 0.15) is 0 Å². The molecule has 2 aliphatic rings. The van der Waals surface area contributed by atoms with Crippen LogP contribution in [0.2, 0.25) is 0 Å². The molecule has 2 heterocycles. The van der Waals surface area contributed by atoms with Crippen molar-refractivity contribution in [2.45, 2.75) is 36.0 Å². The van der Waals surface area contributed by atoms with Crippen LogP contribution in [0, 0.1) is 0 Å². The first-order valence-corrected chi connectivity index (χ1v) is 7.63. The molecule has 0 unspecified atom stereocenters. The highest BCUT2D eigenvalue weighted by atomic mass is 32.2. The summed E-state index contributed by atoms with van der Waals surface area (Å²) in [5.41, 5.74) is 1.03. The zero-order valence-electron chi connectivity index (χ0n) is 10.1. The molecule has 0 radical (unpaired) electrons. The summed E-state index contributed by atoms with van der Waals surface area (Å²) in [6, 6.07) is 7.90. The van der Waals surface area contributed by atoms with Gasteiger partial charge in [-0.05, 0) is 25.5 Å². The topological polar surface area (TPSA) is 37.4 Å². The second-order valence-corrected chi connectivity index (χ2v) is 7.41. The lowest BCUT2D eigenvalue weighted by Crippen LogP contribution is -2.31. The summed E-state index contributed by atoms with van der Waals surface area (Å²) in [7, 11) is -3.09. The van der Waals surface area contributed by atoms with Crippen molar-refractivity contribution in [2.75, 3.05) is 13.1 Å². The Hall–Kier alpha value is -0.870. The smallest absolute Gasteiger partial charge is 0.183 e. The molecule has 0 aromatic heterocycles. The van der Waals surface area contributed by atoms with Crippen molar-refractivity contribution in [3.8, 4) is 0 Å². The van der Waals surface area contributed by atoms with E-state index in [4.69, 9.17) is 0 Å². The predicted molar refractivity (Wildman–Crippen MR) is 66.9 cm³/mol. The van der Waals surface area contributed by atoms with Crippen LogP contribution in [0.5, 0.6) is 0 Å². The van der Waals surface area contributed by atoms with Gasteiger partial charge in [-0.25, -0.2) is 8.42 Å². The molecule has 0 saturated carbocycles. The van der Waals surface area contributed by atoms with E-state index >= 15 is 0 Å². The quantitative estimate of drug-likeness (QED) is 0.761. The molecule has 0 amide bonds. The van der Waals surface area contributed by atoms with Crippen LogP contribution in [0.3, 0.4) is 0 Å². The monoisotopic (exact) mass is 251 g/mol. The number of likely N-dealkylation sites (tertiary alicyclic amines) is 1. The molecule has 3 nitrogen and oxygen atoms in total. The van der Waals surface area contributed by atoms with Crippen LogP contribution in [0.15, 0.2) is 29.2 Å². The number of hydrogen-bond donors (Lipinski definition) is 0. The van der Waals surface area contributed by atoms with Gasteiger partial charge in [-0.3, -0.25) is 4.90 Å². The van der Waals surface area contributed by atoms with Crippen LogP contribution in [-0.2, 0) is 9.84 Å². The van der Waals surface area contributed by atoms with Crippen molar-refractivity contribution in [3.05, 3.63) is 29.8 Å². The van der Waals surface area contributed by atoms with E-state index in [1.807, 2.05) is 18.2 Å². The zero-order chi connectivity index (χ0) is 12.2. The second-order valence-electron chi connectivity index (χ2n) is 5.28. The van der Waals surface area contributed by atoms with E-state index in [1.165, 1.54) is 0 Å². The molecule has 0 bridgehead atoms. The van der Waals surface area contributed by atoms with Gasteiger partial charge in [0.25, 0.3) is 0 Å². The fraction of sp³-hybridized carbons (Fsp3) is 0.538. The number of rotatable bonds is 1. The van der Waals surface area contributed by atoms with Crippen molar-refractivity contribution in [3.63, 3.8) is 0 Å². The number of nitrogens with zero attached hydrogens (tertiary/aromatic N) is 1. The summed E-state index contributed by atoms with van der Waals surface area (Å²) < 4.78 is 24.8. The van der Waals surface area contributed by atoms with Crippen LogP contribution >= 0.6 is 0 Å². The Bertz CT molecular complexity index is 550. The van der Waals surface area contributed by atoms with Crippen molar-refractivity contribution < 1.29 is 8.42 Å². The lowest BCUT2D eigenvalue weighted by Gasteiger charge is -2.21. The Morgan fingerprint density at radius 2 is 1.94 bits per heavy atom. The summed E-state index contributed by atoms with van der Waals surface area (Å²) in [4.78, 5) is 2.83. The molecular weight excluding hydrogens is 234 g/mol. The van der Waals surface area contributed by atoms with Crippen LogP contribution < -0.4 is 0 Å². The number of fused-ring (bicyclic) bond motifs is 3. The average molecular weight is 251 g/mol. The first-order valence-electron chi connectivity index (χ1n) is 6.08. The Kier molecular flexibility index (Phi) is 2.35. The molecule has 92 valence electrons. The molecule has 1 aromatic carbocycles. The highest BCUT2D eigenvalue weighted by molar-refractivity contribution is 7.92. The Morgan fingerprint density at radius 3 is 2.65 bits per heavy atom. The minimum atomic E-state index is -3.09. The summed E-state index contributed by atoms with van der Waals surface area (Å²) in [6.45, 7) is 5.80. The number of hydrogen-bond acceptors (Lipinski definition) is 3. The number of sulfone groups is 1. The molecule has 1 aromatic rings. The molecule has 1 fully saturated rings. The van der Waals surface area contributed by atoms with Crippen LogP contribution in [-0.4, -0.2) is 37.7 Å². The molecule has 1 saturated heterocycles. The predicted octanol–water partition coefficient (Wildman–Crippen LogP) is 1.65. The molecule has 2 atom stereocenters. The summed E-state index contributed by atoms with van der Waals surface area (Å²) in [6.07, 6.45) is 0.